The molecule has 1 amide bonds. The number of halogens is 2. The van der Waals surface area contributed by atoms with Crippen LogP contribution in [0, 0.1) is 18.6 Å². The molecule has 0 unspecified atom stereocenters. The van der Waals surface area contributed by atoms with Gasteiger partial charge in [0, 0.05) is 19.2 Å². The number of carbonyl (C=O) groups excluding carboxylic acids is 1. The number of amides is 1. The van der Waals surface area contributed by atoms with E-state index in [1.165, 1.54) is 43.4 Å². The fourth-order valence-electron chi connectivity index (χ4n) is 4.43. The van der Waals surface area contributed by atoms with Crippen molar-refractivity contribution in [2.24, 2.45) is 0 Å². The van der Waals surface area contributed by atoms with E-state index in [9.17, 15) is 4.79 Å². The van der Waals surface area contributed by atoms with Crippen molar-refractivity contribution >= 4 is 11.7 Å². The van der Waals surface area contributed by atoms with Crippen molar-refractivity contribution in [2.45, 2.75) is 19.4 Å². The molecule has 4 aromatic rings. The van der Waals surface area contributed by atoms with E-state index in [0.717, 1.165) is 5.56 Å². The van der Waals surface area contributed by atoms with Crippen molar-refractivity contribution in [1.82, 2.24) is 23.8 Å². The molecule has 0 bridgehead atoms. The SMILES string of the molecule is COC(=O)N1CCO[C@@H](Cc2c(-c3c(F)cc(-n4cnc(OC)c4)cc3F)nc3cc(C)ccn23)C1. The Morgan fingerprint density at radius 1 is 1.22 bits per heavy atom. The number of hydrogen-bond acceptors (Lipinski definition) is 6. The molecule has 1 saturated heterocycles. The maximum absolute atomic E-state index is 15.5. The normalized spacial score (nSPS) is 15.9. The summed E-state index contributed by atoms with van der Waals surface area (Å²) in [5, 5.41) is 0. The van der Waals surface area contributed by atoms with Gasteiger partial charge in [-0.1, -0.05) is 0 Å². The standard InChI is InChI=1S/C25H25F2N5O4/c1-15-4-5-32-20(11-17-12-30(6-7-36-17)25(33)35-3)24(29-21(32)8-15)23-18(26)9-16(10-19(23)27)31-13-22(34-2)28-14-31/h4-5,8-10,13-14,17H,6-7,11-12H2,1-3H3/t17-/m0/s1. The smallest absolute Gasteiger partial charge is 0.409 e. The number of imidazole rings is 2. The average molecular weight is 498 g/mol. The van der Waals surface area contributed by atoms with Gasteiger partial charge in [-0.25, -0.2) is 23.5 Å². The van der Waals surface area contributed by atoms with Gasteiger partial charge in [0.2, 0.25) is 5.88 Å². The summed E-state index contributed by atoms with van der Waals surface area (Å²) < 4.78 is 50.0. The molecule has 0 saturated carbocycles. The topological polar surface area (TPSA) is 83.1 Å². The summed E-state index contributed by atoms with van der Waals surface area (Å²) in [5.74, 6) is -1.20. The number of methoxy groups -OCH3 is 2. The molecule has 1 aliphatic heterocycles. The monoisotopic (exact) mass is 497 g/mol. The summed E-state index contributed by atoms with van der Waals surface area (Å²) in [6, 6.07) is 6.20. The number of morpholine rings is 1. The largest absolute Gasteiger partial charge is 0.480 e. The molecule has 1 atom stereocenters. The predicted molar refractivity (Wildman–Crippen MR) is 126 cm³/mol. The number of pyridine rings is 1. The second-order valence-electron chi connectivity index (χ2n) is 8.56. The molecular formula is C25H25F2N5O4. The zero-order valence-electron chi connectivity index (χ0n) is 20.1. The van der Waals surface area contributed by atoms with Crippen molar-refractivity contribution in [2.75, 3.05) is 33.9 Å². The van der Waals surface area contributed by atoms with Crippen LogP contribution in [0.4, 0.5) is 13.6 Å². The first-order valence-corrected chi connectivity index (χ1v) is 11.4. The molecule has 0 radical (unpaired) electrons. The molecule has 0 N–H and O–H groups in total. The lowest BCUT2D eigenvalue weighted by Crippen LogP contribution is -2.46. The Bertz CT molecular complexity index is 1410. The molecule has 1 aromatic carbocycles. The molecule has 5 rings (SSSR count). The van der Waals surface area contributed by atoms with Crippen LogP contribution in [0.25, 0.3) is 22.6 Å². The summed E-state index contributed by atoms with van der Waals surface area (Å²) in [6.45, 7) is 2.95. The molecule has 1 aliphatic rings. The maximum atomic E-state index is 15.5. The van der Waals surface area contributed by atoms with E-state index >= 15 is 8.78 Å². The minimum Gasteiger partial charge on any atom is -0.480 e. The van der Waals surface area contributed by atoms with E-state index in [0.29, 0.717) is 30.4 Å². The Kier molecular flexibility index (Phi) is 6.31. The summed E-state index contributed by atoms with van der Waals surface area (Å²) in [6.07, 6.45) is 4.20. The van der Waals surface area contributed by atoms with Crippen molar-refractivity contribution < 1.29 is 27.8 Å². The Morgan fingerprint density at radius 3 is 2.69 bits per heavy atom. The van der Waals surface area contributed by atoms with Gasteiger partial charge in [0.1, 0.15) is 23.6 Å². The molecule has 36 heavy (non-hydrogen) atoms. The number of aryl methyl sites for hydroxylation is 1. The van der Waals surface area contributed by atoms with Crippen molar-refractivity contribution in [3.8, 4) is 22.8 Å². The highest BCUT2D eigenvalue weighted by atomic mass is 19.1. The van der Waals surface area contributed by atoms with Gasteiger partial charge >= 0.3 is 6.09 Å². The van der Waals surface area contributed by atoms with E-state index < -0.39 is 23.8 Å². The highest BCUT2D eigenvalue weighted by Gasteiger charge is 2.29. The number of rotatable bonds is 5. The van der Waals surface area contributed by atoms with Crippen LogP contribution >= 0.6 is 0 Å². The Hall–Kier alpha value is -3.99. The van der Waals surface area contributed by atoms with Crippen LogP contribution in [0.2, 0.25) is 0 Å². The van der Waals surface area contributed by atoms with Crippen LogP contribution in [0.1, 0.15) is 11.3 Å². The Labute approximate surface area is 205 Å². The zero-order chi connectivity index (χ0) is 25.4. The van der Waals surface area contributed by atoms with Crippen LogP contribution < -0.4 is 4.74 Å². The van der Waals surface area contributed by atoms with Crippen molar-refractivity contribution in [3.63, 3.8) is 0 Å². The number of hydrogen-bond donors (Lipinski definition) is 0. The minimum absolute atomic E-state index is 0.184. The Balaban J connectivity index is 1.57. The average Bonchev–Trinajstić information content (AvgIpc) is 3.48. The molecule has 0 spiro atoms. The fraction of sp³-hybridized carbons (Fsp3) is 0.320. The summed E-state index contributed by atoms with van der Waals surface area (Å²) >= 11 is 0. The van der Waals surface area contributed by atoms with Crippen molar-refractivity contribution in [1.29, 1.82) is 0 Å². The summed E-state index contributed by atoms with van der Waals surface area (Å²) in [7, 11) is 2.79. The van der Waals surface area contributed by atoms with Crippen LogP contribution in [0.3, 0.4) is 0 Å². The third kappa shape index (κ3) is 4.37. The van der Waals surface area contributed by atoms with Gasteiger partial charge < -0.3 is 28.1 Å². The Morgan fingerprint density at radius 2 is 2.00 bits per heavy atom. The molecule has 3 aromatic heterocycles. The number of ether oxygens (including phenoxy) is 3. The van der Waals surface area contributed by atoms with Crippen LogP contribution in [-0.2, 0) is 15.9 Å². The van der Waals surface area contributed by atoms with E-state index in [-0.39, 0.29) is 29.9 Å². The second-order valence-corrected chi connectivity index (χ2v) is 8.56. The third-order valence-corrected chi connectivity index (χ3v) is 6.20. The lowest BCUT2D eigenvalue weighted by molar-refractivity contribution is -0.0241. The van der Waals surface area contributed by atoms with Gasteiger partial charge in [-0.2, -0.15) is 0 Å². The lowest BCUT2D eigenvalue weighted by Gasteiger charge is -2.32. The van der Waals surface area contributed by atoms with Crippen molar-refractivity contribution in [3.05, 3.63) is 65.9 Å². The molecule has 1 fully saturated rings. The summed E-state index contributed by atoms with van der Waals surface area (Å²) in [5.41, 5.74) is 2.31. The van der Waals surface area contributed by atoms with Gasteiger partial charge in [0.15, 0.2) is 0 Å². The van der Waals surface area contributed by atoms with E-state index in [1.807, 2.05) is 25.3 Å². The zero-order valence-corrected chi connectivity index (χ0v) is 20.1. The van der Waals surface area contributed by atoms with E-state index in [1.54, 1.807) is 9.30 Å². The molecule has 188 valence electrons. The first-order chi connectivity index (χ1) is 17.4. The second kappa shape index (κ2) is 9.57. The molecule has 9 nitrogen and oxygen atoms in total. The van der Waals surface area contributed by atoms with E-state index in [2.05, 4.69) is 9.97 Å². The van der Waals surface area contributed by atoms with Gasteiger partial charge in [-0.3, -0.25) is 0 Å². The number of fused-ring (bicyclic) bond motifs is 1. The number of carbonyl (C=O) groups is 1. The molecule has 0 aliphatic carbocycles. The highest BCUT2D eigenvalue weighted by molar-refractivity contribution is 5.70. The van der Waals surface area contributed by atoms with Crippen LogP contribution in [0.5, 0.6) is 5.88 Å². The molecular weight excluding hydrogens is 472 g/mol. The highest BCUT2D eigenvalue weighted by Crippen LogP contribution is 2.33. The number of aromatic nitrogens is 4. The van der Waals surface area contributed by atoms with Crippen LogP contribution in [0.15, 0.2) is 43.0 Å². The first kappa shape index (κ1) is 23.7. The number of nitrogens with zero attached hydrogens (tertiary/aromatic N) is 5. The lowest BCUT2D eigenvalue weighted by atomic mass is 10.0. The quantitative estimate of drug-likeness (QED) is 0.417. The van der Waals surface area contributed by atoms with Crippen LogP contribution in [-0.4, -0.2) is 69.9 Å². The minimum atomic E-state index is -0.764. The predicted octanol–water partition coefficient (Wildman–Crippen LogP) is 3.79. The van der Waals surface area contributed by atoms with E-state index in [4.69, 9.17) is 14.2 Å². The maximum Gasteiger partial charge on any atom is 0.409 e. The molecule has 4 heterocycles. The molecule has 11 heteroatoms. The van der Waals surface area contributed by atoms with Gasteiger partial charge in [0.05, 0.1) is 62.3 Å². The first-order valence-electron chi connectivity index (χ1n) is 11.4. The van der Waals surface area contributed by atoms with Gasteiger partial charge in [-0.05, 0) is 36.8 Å². The van der Waals surface area contributed by atoms with Gasteiger partial charge in [-0.15, -0.1) is 0 Å². The van der Waals surface area contributed by atoms with Gasteiger partial charge in [0.25, 0.3) is 0 Å². The number of benzene rings is 1. The third-order valence-electron chi connectivity index (χ3n) is 6.20. The fourth-order valence-corrected chi connectivity index (χ4v) is 4.43. The summed E-state index contributed by atoms with van der Waals surface area (Å²) in [4.78, 5) is 22.2.